The van der Waals surface area contributed by atoms with E-state index in [-0.39, 0.29) is 11.8 Å². The van der Waals surface area contributed by atoms with E-state index in [1.165, 1.54) is 0 Å². The van der Waals surface area contributed by atoms with Gasteiger partial charge in [0.2, 0.25) is 5.91 Å². The van der Waals surface area contributed by atoms with Crippen LogP contribution in [0.25, 0.3) is 0 Å². The van der Waals surface area contributed by atoms with E-state index in [0.29, 0.717) is 13.0 Å². The zero-order valence-electron chi connectivity index (χ0n) is 10.4. The normalized spacial score (nSPS) is 18.4. The Labute approximate surface area is 103 Å². The first-order valence-corrected chi connectivity index (χ1v) is 6.22. The summed E-state index contributed by atoms with van der Waals surface area (Å²) in [5, 5.41) is 11.6. The van der Waals surface area contributed by atoms with E-state index in [1.807, 2.05) is 6.92 Å². The maximum atomic E-state index is 11.5. The van der Waals surface area contributed by atoms with Crippen LogP contribution >= 0.6 is 0 Å². The Hall–Kier alpha value is -1.12. The summed E-state index contributed by atoms with van der Waals surface area (Å²) >= 11 is 0. The number of carbonyl (C=O) groups excluding carboxylic acids is 1. The fraction of sp³-hybridized carbons (Fsp3) is 0.833. The Kier molecular flexibility index (Phi) is 6.60. The van der Waals surface area contributed by atoms with E-state index in [2.05, 4.69) is 16.3 Å². The molecule has 0 saturated carbocycles. The van der Waals surface area contributed by atoms with Gasteiger partial charge in [-0.3, -0.25) is 9.69 Å². The van der Waals surface area contributed by atoms with Gasteiger partial charge < -0.3 is 10.1 Å². The molecule has 0 aromatic carbocycles. The highest BCUT2D eigenvalue weighted by atomic mass is 16.5. The number of nitrogens with one attached hydrogen (secondary N) is 1. The lowest BCUT2D eigenvalue weighted by Gasteiger charge is -2.26. The molecule has 1 atom stereocenters. The van der Waals surface area contributed by atoms with Crippen molar-refractivity contribution < 1.29 is 9.53 Å². The molecular formula is C12H21N3O2. The minimum atomic E-state index is -0.154. The second-order valence-corrected chi connectivity index (χ2v) is 4.24. The molecule has 1 rings (SSSR count). The highest BCUT2D eigenvalue weighted by Gasteiger charge is 2.12. The zero-order valence-corrected chi connectivity index (χ0v) is 10.4. The SMILES string of the molecule is CCC(C#N)CC(=O)NCCN1CCOCC1. The third-order valence-electron chi connectivity index (χ3n) is 2.96. The van der Waals surface area contributed by atoms with Crippen LogP contribution in [0.1, 0.15) is 19.8 Å². The lowest BCUT2D eigenvalue weighted by atomic mass is 10.0. The van der Waals surface area contributed by atoms with Crippen molar-refractivity contribution in [1.29, 1.82) is 5.26 Å². The highest BCUT2D eigenvalue weighted by Crippen LogP contribution is 2.05. The molecule has 1 heterocycles. The molecule has 17 heavy (non-hydrogen) atoms. The molecule has 0 aromatic rings. The van der Waals surface area contributed by atoms with Gasteiger partial charge in [0.25, 0.3) is 0 Å². The maximum Gasteiger partial charge on any atom is 0.221 e. The first-order valence-electron chi connectivity index (χ1n) is 6.22. The standard InChI is InChI=1S/C12H21N3O2/c1-2-11(10-13)9-12(16)14-3-4-15-5-7-17-8-6-15/h11H,2-9H2,1H3,(H,14,16). The molecule has 0 spiro atoms. The molecular weight excluding hydrogens is 218 g/mol. The molecule has 0 aromatic heterocycles. The second-order valence-electron chi connectivity index (χ2n) is 4.24. The number of nitriles is 1. The van der Waals surface area contributed by atoms with E-state index >= 15 is 0 Å². The van der Waals surface area contributed by atoms with Gasteiger partial charge in [0.15, 0.2) is 0 Å². The van der Waals surface area contributed by atoms with Gasteiger partial charge in [0.05, 0.1) is 25.2 Å². The Balaban J connectivity index is 2.09. The molecule has 0 radical (unpaired) electrons. The predicted octanol–water partition coefficient (Wildman–Crippen LogP) is 0.375. The van der Waals surface area contributed by atoms with Gasteiger partial charge in [-0.15, -0.1) is 0 Å². The Morgan fingerprint density at radius 3 is 2.82 bits per heavy atom. The quantitative estimate of drug-likeness (QED) is 0.727. The number of rotatable bonds is 6. The van der Waals surface area contributed by atoms with Crippen LogP contribution in [0.3, 0.4) is 0 Å². The number of hydrogen-bond acceptors (Lipinski definition) is 4. The highest BCUT2D eigenvalue weighted by molar-refractivity contribution is 5.76. The summed E-state index contributed by atoms with van der Waals surface area (Å²) in [5.41, 5.74) is 0. The van der Waals surface area contributed by atoms with Crippen molar-refractivity contribution >= 4 is 5.91 Å². The molecule has 1 N–H and O–H groups in total. The molecule has 5 nitrogen and oxygen atoms in total. The van der Waals surface area contributed by atoms with Crippen molar-refractivity contribution in [3.63, 3.8) is 0 Å². The number of ether oxygens (including phenoxy) is 1. The molecule has 1 unspecified atom stereocenters. The molecule has 1 saturated heterocycles. The van der Waals surface area contributed by atoms with Crippen LogP contribution in [0.4, 0.5) is 0 Å². The Bertz CT molecular complexity index is 269. The topological polar surface area (TPSA) is 65.4 Å². The number of amides is 1. The average molecular weight is 239 g/mol. The average Bonchev–Trinajstić information content (AvgIpc) is 2.37. The first kappa shape index (κ1) is 13.9. The molecule has 1 fully saturated rings. The lowest BCUT2D eigenvalue weighted by Crippen LogP contribution is -2.41. The summed E-state index contributed by atoms with van der Waals surface area (Å²) < 4.78 is 5.24. The summed E-state index contributed by atoms with van der Waals surface area (Å²) in [4.78, 5) is 13.8. The zero-order chi connectivity index (χ0) is 12.5. The van der Waals surface area contributed by atoms with E-state index in [0.717, 1.165) is 39.3 Å². The number of morpholine rings is 1. The van der Waals surface area contributed by atoms with E-state index in [4.69, 9.17) is 10.00 Å². The second kappa shape index (κ2) is 8.04. The third kappa shape index (κ3) is 5.66. The minimum Gasteiger partial charge on any atom is -0.379 e. The number of nitrogens with zero attached hydrogens (tertiary/aromatic N) is 2. The molecule has 0 aliphatic carbocycles. The summed E-state index contributed by atoms with van der Waals surface area (Å²) in [6.07, 6.45) is 1.05. The van der Waals surface area contributed by atoms with Crippen molar-refractivity contribution in [2.45, 2.75) is 19.8 Å². The first-order chi connectivity index (χ1) is 8.26. The Morgan fingerprint density at radius 2 is 2.24 bits per heavy atom. The van der Waals surface area contributed by atoms with E-state index in [9.17, 15) is 4.79 Å². The van der Waals surface area contributed by atoms with Crippen LogP contribution in [0, 0.1) is 17.2 Å². The van der Waals surface area contributed by atoms with Gasteiger partial charge in [0, 0.05) is 32.6 Å². The van der Waals surface area contributed by atoms with Crippen molar-refractivity contribution in [2.24, 2.45) is 5.92 Å². The van der Waals surface area contributed by atoms with Gasteiger partial charge >= 0.3 is 0 Å². The van der Waals surface area contributed by atoms with Crippen molar-refractivity contribution in [3.8, 4) is 6.07 Å². The van der Waals surface area contributed by atoms with Crippen LogP contribution in [0.2, 0.25) is 0 Å². The number of carbonyl (C=O) groups is 1. The fourth-order valence-electron chi connectivity index (χ4n) is 1.76. The smallest absolute Gasteiger partial charge is 0.221 e. The molecule has 1 aliphatic heterocycles. The fourth-order valence-corrected chi connectivity index (χ4v) is 1.76. The molecule has 1 aliphatic rings. The van der Waals surface area contributed by atoms with Crippen LogP contribution in [0.15, 0.2) is 0 Å². The third-order valence-corrected chi connectivity index (χ3v) is 2.96. The minimum absolute atomic E-state index is 0.0216. The van der Waals surface area contributed by atoms with Crippen molar-refractivity contribution in [1.82, 2.24) is 10.2 Å². The van der Waals surface area contributed by atoms with E-state index in [1.54, 1.807) is 0 Å². The van der Waals surface area contributed by atoms with Crippen molar-refractivity contribution in [3.05, 3.63) is 0 Å². The van der Waals surface area contributed by atoms with Crippen LogP contribution in [-0.4, -0.2) is 50.2 Å². The van der Waals surface area contributed by atoms with Crippen molar-refractivity contribution in [2.75, 3.05) is 39.4 Å². The monoisotopic (exact) mass is 239 g/mol. The van der Waals surface area contributed by atoms with Crippen LogP contribution in [-0.2, 0) is 9.53 Å². The predicted molar refractivity (Wildman–Crippen MR) is 64.3 cm³/mol. The molecule has 96 valence electrons. The lowest BCUT2D eigenvalue weighted by molar-refractivity contribution is -0.121. The number of hydrogen-bond donors (Lipinski definition) is 1. The van der Waals surface area contributed by atoms with Crippen LogP contribution < -0.4 is 5.32 Å². The summed E-state index contributed by atoms with van der Waals surface area (Å²) in [6, 6.07) is 2.13. The summed E-state index contributed by atoms with van der Waals surface area (Å²) in [6.45, 7) is 6.87. The van der Waals surface area contributed by atoms with Gasteiger partial charge in [-0.2, -0.15) is 5.26 Å². The largest absolute Gasteiger partial charge is 0.379 e. The molecule has 0 bridgehead atoms. The Morgan fingerprint density at radius 1 is 1.53 bits per heavy atom. The van der Waals surface area contributed by atoms with Gasteiger partial charge in [0.1, 0.15) is 0 Å². The van der Waals surface area contributed by atoms with E-state index < -0.39 is 0 Å². The van der Waals surface area contributed by atoms with Gasteiger partial charge in [-0.25, -0.2) is 0 Å². The maximum absolute atomic E-state index is 11.5. The molecule has 1 amide bonds. The van der Waals surface area contributed by atoms with Gasteiger partial charge in [-0.05, 0) is 6.42 Å². The molecule has 5 heteroatoms. The van der Waals surface area contributed by atoms with Gasteiger partial charge in [-0.1, -0.05) is 6.92 Å². The summed E-state index contributed by atoms with van der Waals surface area (Å²) in [5.74, 6) is -0.176. The summed E-state index contributed by atoms with van der Waals surface area (Å²) in [7, 11) is 0. The van der Waals surface area contributed by atoms with Crippen LogP contribution in [0.5, 0.6) is 0 Å².